The van der Waals surface area contributed by atoms with Crippen LogP contribution in [0.2, 0.25) is 0 Å². The second kappa shape index (κ2) is 8.04. The number of aryl methyl sites for hydroxylation is 1. The molecular weight excluding hydrogens is 408 g/mol. The van der Waals surface area contributed by atoms with Crippen molar-refractivity contribution in [1.29, 1.82) is 0 Å². The lowest BCUT2D eigenvalue weighted by molar-refractivity contribution is -0.130. The molecule has 0 radical (unpaired) electrons. The number of amides is 1. The third kappa shape index (κ3) is 3.86. The van der Waals surface area contributed by atoms with Crippen LogP contribution in [0.1, 0.15) is 18.1 Å². The molecule has 3 aromatic carbocycles. The maximum Gasteiger partial charge on any atom is 0.274 e. The molecule has 2 heterocycles. The number of hydrogen-bond acceptors (Lipinski definition) is 5. The minimum Gasteiger partial charge on any atom is -0.482 e. The summed E-state index contributed by atoms with van der Waals surface area (Å²) in [6, 6.07) is 23.5. The molecule has 4 aromatic rings. The second-order valence-electron chi connectivity index (χ2n) is 7.69. The lowest BCUT2D eigenvalue weighted by Gasteiger charge is -2.33. The number of anilines is 1. The van der Waals surface area contributed by atoms with Gasteiger partial charge in [-0.1, -0.05) is 59.9 Å². The monoisotopic (exact) mass is 430 g/mol. The molecule has 2 atom stereocenters. The van der Waals surface area contributed by atoms with Crippen molar-refractivity contribution in [2.75, 3.05) is 4.90 Å². The van der Waals surface area contributed by atoms with Crippen LogP contribution in [0.25, 0.3) is 10.2 Å². The van der Waals surface area contributed by atoms with E-state index in [1.54, 1.807) is 4.90 Å². The maximum atomic E-state index is 13.8. The van der Waals surface area contributed by atoms with Gasteiger partial charge in [-0.3, -0.25) is 9.69 Å². The zero-order valence-electron chi connectivity index (χ0n) is 17.3. The maximum absolute atomic E-state index is 13.8. The first-order chi connectivity index (χ1) is 15.1. The summed E-state index contributed by atoms with van der Waals surface area (Å²) in [6.07, 6.45) is -1.18. The molecule has 156 valence electrons. The van der Waals surface area contributed by atoms with Crippen molar-refractivity contribution in [3.8, 4) is 11.5 Å². The normalized spacial score (nSPS) is 17.5. The Morgan fingerprint density at radius 3 is 2.48 bits per heavy atom. The highest BCUT2D eigenvalue weighted by Gasteiger charge is 2.38. The number of aromatic nitrogens is 1. The van der Waals surface area contributed by atoms with Gasteiger partial charge >= 0.3 is 0 Å². The van der Waals surface area contributed by atoms with Gasteiger partial charge in [0.25, 0.3) is 5.91 Å². The Labute approximate surface area is 184 Å². The molecule has 6 heteroatoms. The highest BCUT2D eigenvalue weighted by molar-refractivity contribution is 7.22. The summed E-state index contributed by atoms with van der Waals surface area (Å²) in [5, 5.41) is 0.657. The molecule has 0 saturated heterocycles. The molecule has 31 heavy (non-hydrogen) atoms. The van der Waals surface area contributed by atoms with Crippen molar-refractivity contribution in [2.45, 2.75) is 32.6 Å². The fourth-order valence-corrected chi connectivity index (χ4v) is 4.75. The van der Waals surface area contributed by atoms with Crippen molar-refractivity contribution < 1.29 is 14.3 Å². The number of fused-ring (bicyclic) bond motifs is 2. The SMILES string of the molecule is Cc1ccc2nc(N(Cc3ccccc3)C(=O)C3Oc4ccccc4OC3C)sc2c1. The number of benzene rings is 3. The fourth-order valence-electron chi connectivity index (χ4n) is 3.69. The number of para-hydroxylation sites is 2. The Bertz CT molecular complexity index is 1240. The Morgan fingerprint density at radius 2 is 1.71 bits per heavy atom. The summed E-state index contributed by atoms with van der Waals surface area (Å²) in [5.41, 5.74) is 3.07. The molecule has 0 bridgehead atoms. The molecule has 0 fully saturated rings. The van der Waals surface area contributed by atoms with Crippen molar-refractivity contribution >= 4 is 32.6 Å². The minimum atomic E-state index is -0.757. The Hall–Kier alpha value is -3.38. The predicted molar refractivity (Wildman–Crippen MR) is 123 cm³/mol. The smallest absolute Gasteiger partial charge is 0.274 e. The average Bonchev–Trinajstić information content (AvgIpc) is 3.20. The highest BCUT2D eigenvalue weighted by Crippen LogP contribution is 2.36. The van der Waals surface area contributed by atoms with Crippen LogP contribution in [0.5, 0.6) is 11.5 Å². The van der Waals surface area contributed by atoms with E-state index in [2.05, 4.69) is 13.0 Å². The molecule has 1 amide bonds. The molecule has 0 spiro atoms. The fraction of sp³-hybridized carbons (Fsp3) is 0.200. The van der Waals surface area contributed by atoms with Gasteiger partial charge in [0.15, 0.2) is 16.6 Å². The Kier molecular flexibility index (Phi) is 5.08. The lowest BCUT2D eigenvalue weighted by atomic mass is 10.1. The first kappa shape index (κ1) is 19.6. The molecule has 1 aliphatic heterocycles. The van der Waals surface area contributed by atoms with Crippen LogP contribution in [0.3, 0.4) is 0 Å². The van der Waals surface area contributed by atoms with E-state index in [4.69, 9.17) is 14.5 Å². The van der Waals surface area contributed by atoms with Crippen LogP contribution in [0.4, 0.5) is 5.13 Å². The highest BCUT2D eigenvalue weighted by atomic mass is 32.1. The van der Waals surface area contributed by atoms with Crippen LogP contribution in [0, 0.1) is 6.92 Å². The molecule has 2 unspecified atom stereocenters. The van der Waals surface area contributed by atoms with Gasteiger partial charge in [0.05, 0.1) is 16.8 Å². The summed E-state index contributed by atoms with van der Waals surface area (Å²) < 4.78 is 13.1. The summed E-state index contributed by atoms with van der Waals surface area (Å²) in [5.74, 6) is 1.07. The van der Waals surface area contributed by atoms with E-state index in [9.17, 15) is 4.79 Å². The molecule has 1 aromatic heterocycles. The second-order valence-corrected chi connectivity index (χ2v) is 8.69. The number of hydrogen-bond donors (Lipinski definition) is 0. The summed E-state index contributed by atoms with van der Waals surface area (Å²) >= 11 is 1.52. The zero-order valence-corrected chi connectivity index (χ0v) is 18.1. The zero-order chi connectivity index (χ0) is 21.4. The van der Waals surface area contributed by atoms with Gasteiger partial charge in [-0.2, -0.15) is 0 Å². The van der Waals surface area contributed by atoms with E-state index in [-0.39, 0.29) is 5.91 Å². The van der Waals surface area contributed by atoms with Crippen LogP contribution < -0.4 is 14.4 Å². The van der Waals surface area contributed by atoms with Crippen molar-refractivity contribution in [1.82, 2.24) is 4.98 Å². The molecule has 0 N–H and O–H groups in total. The van der Waals surface area contributed by atoms with E-state index >= 15 is 0 Å². The molecular formula is C25H22N2O3S. The van der Waals surface area contributed by atoms with Crippen LogP contribution >= 0.6 is 11.3 Å². The number of carbonyl (C=O) groups is 1. The average molecular weight is 431 g/mol. The Balaban J connectivity index is 1.52. The first-order valence-electron chi connectivity index (χ1n) is 10.2. The third-order valence-corrected chi connectivity index (χ3v) is 6.34. The van der Waals surface area contributed by atoms with E-state index < -0.39 is 12.2 Å². The number of carbonyl (C=O) groups excluding carboxylic acids is 1. The Morgan fingerprint density at radius 1 is 1.00 bits per heavy atom. The number of thiazole rings is 1. The van der Waals surface area contributed by atoms with Gasteiger partial charge in [-0.15, -0.1) is 0 Å². The largest absolute Gasteiger partial charge is 0.482 e. The molecule has 1 aliphatic rings. The number of nitrogens with zero attached hydrogens (tertiary/aromatic N) is 2. The van der Waals surface area contributed by atoms with Gasteiger partial charge in [0, 0.05) is 0 Å². The van der Waals surface area contributed by atoms with E-state index in [0.717, 1.165) is 21.3 Å². The van der Waals surface area contributed by atoms with E-state index in [1.165, 1.54) is 11.3 Å². The summed E-state index contributed by atoms with van der Waals surface area (Å²) in [4.78, 5) is 20.2. The van der Waals surface area contributed by atoms with E-state index in [0.29, 0.717) is 23.2 Å². The van der Waals surface area contributed by atoms with Crippen LogP contribution in [-0.2, 0) is 11.3 Å². The number of ether oxygens (including phenoxy) is 2. The van der Waals surface area contributed by atoms with Crippen molar-refractivity contribution in [2.24, 2.45) is 0 Å². The molecule has 0 saturated carbocycles. The van der Waals surface area contributed by atoms with Crippen LogP contribution in [0.15, 0.2) is 72.8 Å². The van der Waals surface area contributed by atoms with Gasteiger partial charge in [-0.05, 0) is 49.2 Å². The standard InChI is InChI=1S/C25H22N2O3S/c1-16-12-13-19-22(14-16)31-25(26-19)27(15-18-8-4-3-5-9-18)24(28)23-17(2)29-20-10-6-7-11-21(20)30-23/h3-14,17,23H,15H2,1-2H3. The van der Waals surface area contributed by atoms with Gasteiger partial charge in [0.2, 0.25) is 6.10 Å². The van der Waals surface area contributed by atoms with Gasteiger partial charge in [0.1, 0.15) is 6.10 Å². The number of rotatable bonds is 4. The quantitative estimate of drug-likeness (QED) is 0.437. The molecule has 5 rings (SSSR count). The summed E-state index contributed by atoms with van der Waals surface area (Å²) in [6.45, 7) is 4.33. The predicted octanol–water partition coefficient (Wildman–Crippen LogP) is 5.37. The van der Waals surface area contributed by atoms with Crippen molar-refractivity contribution in [3.05, 3.63) is 83.9 Å². The van der Waals surface area contributed by atoms with Gasteiger partial charge in [-0.25, -0.2) is 4.98 Å². The van der Waals surface area contributed by atoms with Crippen molar-refractivity contribution in [3.63, 3.8) is 0 Å². The topological polar surface area (TPSA) is 51.7 Å². The molecule has 5 nitrogen and oxygen atoms in total. The first-order valence-corrected chi connectivity index (χ1v) is 11.0. The van der Waals surface area contributed by atoms with Gasteiger partial charge < -0.3 is 9.47 Å². The van der Waals surface area contributed by atoms with Crippen LogP contribution in [-0.4, -0.2) is 23.1 Å². The summed E-state index contributed by atoms with van der Waals surface area (Å²) in [7, 11) is 0. The lowest BCUT2D eigenvalue weighted by Crippen LogP contribution is -2.50. The van der Waals surface area contributed by atoms with E-state index in [1.807, 2.05) is 73.7 Å². The third-order valence-electron chi connectivity index (χ3n) is 5.30. The minimum absolute atomic E-state index is 0.165. The molecule has 0 aliphatic carbocycles.